The highest BCUT2D eigenvalue weighted by molar-refractivity contribution is 7.92. The average Bonchev–Trinajstić information content (AvgIpc) is 3.02. The third-order valence-electron chi connectivity index (χ3n) is 7.58. The van der Waals surface area contributed by atoms with Crippen LogP contribution in [0.25, 0.3) is 0 Å². The number of carbonyl (C=O) groups is 2. The third kappa shape index (κ3) is 8.74. The fraction of sp³-hybridized carbons (Fsp3) is 0.278. The van der Waals surface area contributed by atoms with Gasteiger partial charge in [0.1, 0.15) is 12.6 Å². The zero-order valence-electron chi connectivity index (χ0n) is 26.2. The number of anilines is 1. The predicted molar refractivity (Wildman–Crippen MR) is 181 cm³/mol. The van der Waals surface area contributed by atoms with Gasteiger partial charge in [0, 0.05) is 24.5 Å². The molecule has 0 bridgehead atoms. The summed E-state index contributed by atoms with van der Waals surface area (Å²) in [5.41, 5.74) is 4.46. The van der Waals surface area contributed by atoms with E-state index in [1.165, 1.54) is 4.90 Å². The number of hydrogen-bond donors (Lipinski definition) is 1. The molecular weight excluding hydrogens is 606 g/mol. The van der Waals surface area contributed by atoms with Gasteiger partial charge in [-0.1, -0.05) is 90.8 Å². The number of aryl methyl sites for hydroxylation is 3. The van der Waals surface area contributed by atoms with Gasteiger partial charge in [-0.25, -0.2) is 8.42 Å². The maximum atomic E-state index is 14.6. The second-order valence-corrected chi connectivity index (χ2v) is 13.6. The van der Waals surface area contributed by atoms with E-state index in [1.807, 2.05) is 76.2 Å². The molecular formula is C36H40ClN3O4S. The number of amides is 2. The highest BCUT2D eigenvalue weighted by atomic mass is 35.5. The molecule has 4 rings (SSSR count). The normalized spacial score (nSPS) is 11.9. The van der Waals surface area contributed by atoms with Crippen molar-refractivity contribution in [1.82, 2.24) is 10.2 Å². The van der Waals surface area contributed by atoms with Crippen molar-refractivity contribution < 1.29 is 18.0 Å². The van der Waals surface area contributed by atoms with E-state index in [0.29, 0.717) is 22.8 Å². The van der Waals surface area contributed by atoms with Gasteiger partial charge in [0.15, 0.2) is 0 Å². The van der Waals surface area contributed by atoms with Crippen LogP contribution < -0.4 is 9.62 Å². The number of nitrogens with one attached hydrogen (secondary N) is 1. The number of carbonyl (C=O) groups excluding carboxylic acids is 2. The lowest BCUT2D eigenvalue weighted by molar-refractivity contribution is -0.140. The molecule has 0 unspecified atom stereocenters. The third-order valence-corrected chi connectivity index (χ3v) is 9.59. The van der Waals surface area contributed by atoms with Crippen LogP contribution in [-0.2, 0) is 32.6 Å². The molecule has 9 heteroatoms. The van der Waals surface area contributed by atoms with Crippen LogP contribution in [0.2, 0.25) is 5.02 Å². The van der Waals surface area contributed by atoms with E-state index in [-0.39, 0.29) is 23.8 Å². The van der Waals surface area contributed by atoms with Crippen LogP contribution in [0, 0.1) is 20.8 Å². The first kappa shape index (κ1) is 33.7. The molecule has 0 aliphatic heterocycles. The number of rotatable bonds is 13. The summed E-state index contributed by atoms with van der Waals surface area (Å²) in [6.45, 7) is 7.53. The van der Waals surface area contributed by atoms with E-state index in [2.05, 4.69) is 5.32 Å². The molecule has 45 heavy (non-hydrogen) atoms. The van der Waals surface area contributed by atoms with E-state index in [1.54, 1.807) is 48.5 Å². The zero-order valence-corrected chi connectivity index (χ0v) is 27.7. The summed E-state index contributed by atoms with van der Waals surface area (Å²) in [7, 11) is -4.17. The zero-order chi connectivity index (χ0) is 32.6. The SMILES string of the molecule is CCCNC(=O)[C@@H](Cc1ccccc1)N(Cc1cccc(Cl)c1)C(=O)CN(c1cc(C)ccc1C)S(=O)(=O)c1ccc(C)cc1. The summed E-state index contributed by atoms with van der Waals surface area (Å²) in [5.74, 6) is -0.824. The molecule has 1 atom stereocenters. The maximum absolute atomic E-state index is 14.6. The first-order valence-corrected chi connectivity index (χ1v) is 16.8. The molecule has 2 amide bonds. The van der Waals surface area contributed by atoms with Gasteiger partial charge in [0.25, 0.3) is 10.0 Å². The van der Waals surface area contributed by atoms with Gasteiger partial charge in [-0.2, -0.15) is 0 Å². The van der Waals surface area contributed by atoms with Gasteiger partial charge in [-0.15, -0.1) is 0 Å². The van der Waals surface area contributed by atoms with Crippen molar-refractivity contribution in [3.05, 3.63) is 130 Å². The molecule has 4 aromatic carbocycles. The molecule has 0 saturated carbocycles. The second kappa shape index (κ2) is 15.2. The van der Waals surface area contributed by atoms with Crippen molar-refractivity contribution in [3.8, 4) is 0 Å². The van der Waals surface area contributed by atoms with Crippen LogP contribution in [0.5, 0.6) is 0 Å². The molecule has 1 N–H and O–H groups in total. The fourth-order valence-corrected chi connectivity index (χ4v) is 6.77. The van der Waals surface area contributed by atoms with Crippen LogP contribution in [0.4, 0.5) is 5.69 Å². The van der Waals surface area contributed by atoms with Gasteiger partial charge >= 0.3 is 0 Å². The van der Waals surface area contributed by atoms with E-state index < -0.39 is 28.5 Å². The number of sulfonamides is 1. The van der Waals surface area contributed by atoms with Gasteiger partial charge in [0.05, 0.1) is 10.6 Å². The molecule has 0 aliphatic carbocycles. The first-order valence-electron chi connectivity index (χ1n) is 15.0. The summed E-state index contributed by atoms with van der Waals surface area (Å²) in [4.78, 5) is 29.9. The molecule has 0 aromatic heterocycles. The molecule has 0 heterocycles. The van der Waals surface area contributed by atoms with Crippen LogP contribution in [0.15, 0.2) is 102 Å². The van der Waals surface area contributed by atoms with Crippen LogP contribution in [-0.4, -0.2) is 44.3 Å². The molecule has 0 fully saturated rings. The molecule has 0 aliphatic rings. The standard InChI is InChI=1S/C36H40ClN3O4S/c1-5-20-38-36(42)34(23-29-10-7-6-8-11-29)39(24-30-12-9-13-31(37)22-30)35(41)25-40(33-21-27(3)14-17-28(33)4)45(43,44)32-18-15-26(2)16-19-32/h6-19,21-22,34H,5,20,23-25H2,1-4H3,(H,38,42)/t34-/m1/s1. The minimum atomic E-state index is -4.17. The van der Waals surface area contributed by atoms with Gasteiger partial charge < -0.3 is 10.2 Å². The Balaban J connectivity index is 1.83. The van der Waals surface area contributed by atoms with Crippen LogP contribution in [0.1, 0.15) is 41.2 Å². The predicted octanol–water partition coefficient (Wildman–Crippen LogP) is 6.63. The van der Waals surface area contributed by atoms with E-state index in [0.717, 1.165) is 33.0 Å². The highest BCUT2D eigenvalue weighted by Crippen LogP contribution is 2.29. The molecule has 0 saturated heterocycles. The lowest BCUT2D eigenvalue weighted by Gasteiger charge is -2.34. The number of nitrogens with zero attached hydrogens (tertiary/aromatic N) is 2. The van der Waals surface area contributed by atoms with E-state index in [4.69, 9.17) is 11.6 Å². The van der Waals surface area contributed by atoms with Gasteiger partial charge in [-0.05, 0) is 79.8 Å². The molecule has 0 spiro atoms. The molecule has 4 aromatic rings. The minimum absolute atomic E-state index is 0.0572. The van der Waals surface area contributed by atoms with Crippen molar-refractivity contribution in [3.63, 3.8) is 0 Å². The van der Waals surface area contributed by atoms with Crippen molar-refractivity contribution >= 4 is 39.1 Å². The van der Waals surface area contributed by atoms with Crippen molar-refractivity contribution in [2.45, 2.75) is 58.0 Å². The maximum Gasteiger partial charge on any atom is 0.264 e. The van der Waals surface area contributed by atoms with Crippen LogP contribution in [0.3, 0.4) is 0 Å². The molecule has 236 valence electrons. The Morgan fingerprint density at radius 2 is 1.49 bits per heavy atom. The van der Waals surface area contributed by atoms with Crippen molar-refractivity contribution in [2.75, 3.05) is 17.4 Å². The first-order chi connectivity index (χ1) is 21.5. The Bertz CT molecular complexity index is 1730. The molecule has 7 nitrogen and oxygen atoms in total. The number of halogens is 1. The topological polar surface area (TPSA) is 86.8 Å². The fourth-order valence-electron chi connectivity index (χ4n) is 5.09. The quantitative estimate of drug-likeness (QED) is 0.177. The smallest absolute Gasteiger partial charge is 0.264 e. The largest absolute Gasteiger partial charge is 0.354 e. The highest BCUT2D eigenvalue weighted by Gasteiger charge is 2.35. The Morgan fingerprint density at radius 3 is 2.16 bits per heavy atom. The average molecular weight is 646 g/mol. The summed E-state index contributed by atoms with van der Waals surface area (Å²) in [5, 5.41) is 3.45. The van der Waals surface area contributed by atoms with Gasteiger partial charge in [0.2, 0.25) is 11.8 Å². The monoisotopic (exact) mass is 645 g/mol. The van der Waals surface area contributed by atoms with Crippen LogP contribution >= 0.6 is 11.6 Å². The van der Waals surface area contributed by atoms with Crippen molar-refractivity contribution in [1.29, 1.82) is 0 Å². The lowest BCUT2D eigenvalue weighted by atomic mass is 10.0. The number of benzene rings is 4. The minimum Gasteiger partial charge on any atom is -0.354 e. The van der Waals surface area contributed by atoms with E-state index >= 15 is 0 Å². The summed E-state index contributed by atoms with van der Waals surface area (Å²) in [6, 6.07) is 27.7. The summed E-state index contributed by atoms with van der Waals surface area (Å²) >= 11 is 6.31. The van der Waals surface area contributed by atoms with Crippen molar-refractivity contribution in [2.24, 2.45) is 0 Å². The second-order valence-electron chi connectivity index (χ2n) is 11.3. The Kier molecular flexibility index (Phi) is 11.4. The van der Waals surface area contributed by atoms with Gasteiger partial charge in [-0.3, -0.25) is 13.9 Å². The summed E-state index contributed by atoms with van der Waals surface area (Å²) < 4.78 is 29.7. The summed E-state index contributed by atoms with van der Waals surface area (Å²) in [6.07, 6.45) is 0.970. The molecule has 0 radical (unpaired) electrons. The Labute approximate surface area is 271 Å². The Morgan fingerprint density at radius 1 is 0.822 bits per heavy atom. The van der Waals surface area contributed by atoms with E-state index in [9.17, 15) is 18.0 Å². The Hall–Kier alpha value is -4.14. The lowest BCUT2D eigenvalue weighted by Crippen LogP contribution is -2.53. The number of hydrogen-bond acceptors (Lipinski definition) is 4.